The molecular formula is C13H25N5O. The van der Waals surface area contributed by atoms with Crippen molar-refractivity contribution in [3.05, 3.63) is 11.7 Å². The molecule has 2 N–H and O–H groups in total. The highest BCUT2D eigenvalue weighted by molar-refractivity contribution is 5.00. The lowest BCUT2D eigenvalue weighted by Gasteiger charge is -2.35. The summed E-state index contributed by atoms with van der Waals surface area (Å²) in [7, 11) is 4.22. The topological polar surface area (TPSA) is 71.4 Å². The Hall–Kier alpha value is -0.980. The number of piperazine rings is 1. The molecule has 0 aromatic carbocycles. The van der Waals surface area contributed by atoms with E-state index in [1.807, 2.05) is 0 Å². The molecule has 0 amide bonds. The molecule has 2 atom stereocenters. The maximum absolute atomic E-state index is 6.07. The second-order valence-corrected chi connectivity index (χ2v) is 5.50. The average Bonchev–Trinajstić information content (AvgIpc) is 2.88. The van der Waals surface area contributed by atoms with Crippen molar-refractivity contribution in [1.82, 2.24) is 19.9 Å². The maximum atomic E-state index is 6.07. The summed E-state index contributed by atoms with van der Waals surface area (Å²) in [5.41, 5.74) is 6.07. The highest BCUT2D eigenvalue weighted by Gasteiger charge is 2.28. The Balaban J connectivity index is 2.03. The normalized spacial score (nSPS) is 23.7. The van der Waals surface area contributed by atoms with E-state index in [0.29, 0.717) is 5.89 Å². The molecule has 0 saturated carbocycles. The highest BCUT2D eigenvalue weighted by Crippen LogP contribution is 2.23. The molecule has 0 radical (unpaired) electrons. The van der Waals surface area contributed by atoms with Gasteiger partial charge in [-0.1, -0.05) is 24.9 Å². The van der Waals surface area contributed by atoms with Gasteiger partial charge in [0.15, 0.2) is 5.82 Å². The van der Waals surface area contributed by atoms with E-state index in [-0.39, 0.29) is 12.1 Å². The van der Waals surface area contributed by atoms with Crippen LogP contribution in [0.15, 0.2) is 4.52 Å². The number of nitrogens with two attached hydrogens (primary N) is 1. The van der Waals surface area contributed by atoms with Gasteiger partial charge in [-0.2, -0.15) is 4.98 Å². The number of likely N-dealkylation sites (N-methyl/N-ethyl adjacent to an activating group) is 2. The summed E-state index contributed by atoms with van der Waals surface area (Å²) in [6.07, 6.45) is 3.12. The van der Waals surface area contributed by atoms with Crippen LogP contribution in [0, 0.1) is 0 Å². The summed E-state index contributed by atoms with van der Waals surface area (Å²) in [5, 5.41) is 4.12. The molecule has 1 aromatic heterocycles. The van der Waals surface area contributed by atoms with E-state index >= 15 is 0 Å². The molecule has 6 heteroatoms. The van der Waals surface area contributed by atoms with Crippen LogP contribution in [0.4, 0.5) is 0 Å². The van der Waals surface area contributed by atoms with Crippen LogP contribution >= 0.6 is 0 Å². The molecule has 2 unspecified atom stereocenters. The van der Waals surface area contributed by atoms with Gasteiger partial charge in [-0.05, 0) is 20.5 Å². The van der Waals surface area contributed by atoms with Crippen molar-refractivity contribution in [2.75, 3.05) is 33.7 Å². The Morgan fingerprint density at radius 3 is 2.95 bits per heavy atom. The molecule has 1 aromatic rings. The molecule has 2 heterocycles. The SMILES string of the molecule is CCCCC(N)c1nc(C2CN(C)CCN2C)no1. The number of nitrogens with zero attached hydrogens (tertiary/aromatic N) is 4. The fraction of sp³-hybridized carbons (Fsp3) is 0.846. The van der Waals surface area contributed by atoms with Gasteiger partial charge in [0.05, 0.1) is 12.1 Å². The van der Waals surface area contributed by atoms with Gasteiger partial charge >= 0.3 is 0 Å². The quantitative estimate of drug-likeness (QED) is 0.863. The number of rotatable bonds is 5. The Bertz CT molecular complexity index is 394. The number of hydrogen-bond acceptors (Lipinski definition) is 6. The predicted octanol–water partition coefficient (Wildman–Crippen LogP) is 1.18. The van der Waals surface area contributed by atoms with Gasteiger partial charge < -0.3 is 15.2 Å². The zero-order valence-electron chi connectivity index (χ0n) is 12.2. The van der Waals surface area contributed by atoms with Gasteiger partial charge in [0.1, 0.15) is 0 Å². The molecule has 2 rings (SSSR count). The molecule has 0 bridgehead atoms. The first kappa shape index (κ1) is 14.4. The highest BCUT2D eigenvalue weighted by atomic mass is 16.5. The standard InChI is InChI=1S/C13H25N5O/c1-4-5-6-10(14)13-15-12(16-19-13)11-9-17(2)7-8-18(11)3/h10-11H,4-9,14H2,1-3H3. The van der Waals surface area contributed by atoms with E-state index in [2.05, 4.69) is 41.0 Å². The second-order valence-electron chi connectivity index (χ2n) is 5.50. The van der Waals surface area contributed by atoms with Crippen molar-refractivity contribution in [2.45, 2.75) is 38.3 Å². The van der Waals surface area contributed by atoms with Crippen LogP contribution in [-0.4, -0.2) is 53.7 Å². The third-order valence-corrected chi connectivity index (χ3v) is 3.79. The Morgan fingerprint density at radius 2 is 2.21 bits per heavy atom. The van der Waals surface area contributed by atoms with Crippen molar-refractivity contribution in [2.24, 2.45) is 5.73 Å². The Labute approximate surface area is 114 Å². The van der Waals surface area contributed by atoms with Crippen molar-refractivity contribution in [3.8, 4) is 0 Å². The number of aromatic nitrogens is 2. The molecule has 1 aliphatic rings. The summed E-state index contributed by atoms with van der Waals surface area (Å²) in [4.78, 5) is 9.06. The molecular weight excluding hydrogens is 242 g/mol. The van der Waals surface area contributed by atoms with Crippen molar-refractivity contribution < 1.29 is 4.52 Å². The summed E-state index contributed by atoms with van der Waals surface area (Å²) in [6, 6.07) is 0.0717. The monoisotopic (exact) mass is 267 g/mol. The molecule has 19 heavy (non-hydrogen) atoms. The van der Waals surface area contributed by atoms with E-state index in [9.17, 15) is 0 Å². The fourth-order valence-electron chi connectivity index (χ4n) is 2.37. The smallest absolute Gasteiger partial charge is 0.243 e. The molecule has 6 nitrogen and oxygen atoms in total. The van der Waals surface area contributed by atoms with Crippen LogP contribution in [-0.2, 0) is 0 Å². The van der Waals surface area contributed by atoms with Crippen LogP contribution in [0.3, 0.4) is 0 Å². The molecule has 0 aliphatic carbocycles. The van der Waals surface area contributed by atoms with Gasteiger partial charge in [-0.3, -0.25) is 4.90 Å². The number of hydrogen-bond donors (Lipinski definition) is 1. The zero-order valence-corrected chi connectivity index (χ0v) is 12.2. The van der Waals surface area contributed by atoms with Crippen LogP contribution < -0.4 is 5.73 Å². The second kappa shape index (κ2) is 6.45. The third-order valence-electron chi connectivity index (χ3n) is 3.79. The van der Waals surface area contributed by atoms with Crippen molar-refractivity contribution in [3.63, 3.8) is 0 Å². The van der Waals surface area contributed by atoms with Gasteiger partial charge in [-0.15, -0.1) is 0 Å². The maximum Gasteiger partial charge on any atom is 0.243 e. The van der Waals surface area contributed by atoms with E-state index in [1.165, 1.54) is 0 Å². The summed E-state index contributed by atoms with van der Waals surface area (Å²) < 4.78 is 5.33. The molecule has 1 saturated heterocycles. The van der Waals surface area contributed by atoms with Gasteiger partial charge in [-0.25, -0.2) is 0 Å². The Kier molecular flexibility index (Phi) is 4.90. The largest absolute Gasteiger partial charge is 0.338 e. The molecule has 108 valence electrons. The van der Waals surface area contributed by atoms with E-state index in [4.69, 9.17) is 10.3 Å². The minimum atomic E-state index is -0.132. The van der Waals surface area contributed by atoms with E-state index < -0.39 is 0 Å². The zero-order chi connectivity index (χ0) is 13.8. The minimum Gasteiger partial charge on any atom is -0.338 e. The van der Waals surface area contributed by atoms with Gasteiger partial charge in [0.2, 0.25) is 5.89 Å². The van der Waals surface area contributed by atoms with Crippen LogP contribution in [0.5, 0.6) is 0 Å². The predicted molar refractivity (Wildman–Crippen MR) is 73.6 cm³/mol. The summed E-state index contributed by atoms with van der Waals surface area (Å²) in [5.74, 6) is 1.33. The van der Waals surface area contributed by atoms with Gasteiger partial charge in [0, 0.05) is 19.6 Å². The molecule has 1 aliphatic heterocycles. The lowest BCUT2D eigenvalue weighted by atomic mass is 10.1. The first-order valence-electron chi connectivity index (χ1n) is 7.09. The summed E-state index contributed by atoms with van der Waals surface area (Å²) in [6.45, 7) is 5.18. The van der Waals surface area contributed by atoms with Crippen LogP contribution in [0.1, 0.15) is 50.0 Å². The lowest BCUT2D eigenvalue weighted by molar-refractivity contribution is 0.108. The minimum absolute atomic E-state index is 0.132. The fourth-order valence-corrected chi connectivity index (χ4v) is 2.37. The van der Waals surface area contributed by atoms with Gasteiger partial charge in [0.25, 0.3) is 0 Å². The van der Waals surface area contributed by atoms with Crippen LogP contribution in [0.25, 0.3) is 0 Å². The lowest BCUT2D eigenvalue weighted by Crippen LogP contribution is -2.45. The molecule has 0 spiro atoms. The van der Waals surface area contributed by atoms with Crippen LogP contribution in [0.2, 0.25) is 0 Å². The molecule has 1 fully saturated rings. The number of unbranched alkanes of at least 4 members (excludes halogenated alkanes) is 1. The first-order valence-corrected chi connectivity index (χ1v) is 7.09. The Morgan fingerprint density at radius 1 is 1.42 bits per heavy atom. The van der Waals surface area contributed by atoms with Crippen molar-refractivity contribution in [1.29, 1.82) is 0 Å². The first-order chi connectivity index (χ1) is 9.11. The summed E-state index contributed by atoms with van der Waals surface area (Å²) >= 11 is 0. The van der Waals surface area contributed by atoms with E-state index in [0.717, 1.165) is 44.7 Å². The van der Waals surface area contributed by atoms with E-state index in [1.54, 1.807) is 0 Å². The average molecular weight is 267 g/mol. The third kappa shape index (κ3) is 3.52. The van der Waals surface area contributed by atoms with Crippen molar-refractivity contribution >= 4 is 0 Å².